The largest absolute Gasteiger partial charge is 0.455 e. The molecule has 1 aromatic carbocycles. The van der Waals surface area contributed by atoms with Crippen molar-refractivity contribution >= 4 is 35.7 Å². The number of hydrogen-bond donors (Lipinski definition) is 0. The number of allylic oxidation sites excluding steroid dienone is 1. The molecule has 1 aliphatic heterocycles. The molecule has 1 saturated heterocycles. The molecule has 9 atom stereocenters. The summed E-state index contributed by atoms with van der Waals surface area (Å²) in [7, 11) is 0. The molecule has 0 radical (unpaired) electrons. The number of ketones is 1. The molecule has 0 amide bonds. The number of fused-ring (bicyclic) bond motifs is 5. The van der Waals surface area contributed by atoms with E-state index in [2.05, 4.69) is 0 Å². The second-order valence-electron chi connectivity index (χ2n) is 15.5. The first-order valence-electron chi connectivity index (χ1n) is 18.0. The lowest BCUT2D eigenvalue weighted by atomic mass is 9.43. The van der Waals surface area contributed by atoms with E-state index < -0.39 is 58.2 Å². The number of rotatable bonds is 7. The van der Waals surface area contributed by atoms with E-state index in [1.165, 1.54) is 6.92 Å². The van der Waals surface area contributed by atoms with Gasteiger partial charge >= 0.3 is 17.9 Å². The zero-order valence-electron chi connectivity index (χ0n) is 30.2. The monoisotopic (exact) mass is 683 g/mol. The smallest absolute Gasteiger partial charge is 0.338 e. The van der Waals surface area contributed by atoms with Crippen molar-refractivity contribution in [3.8, 4) is 0 Å². The van der Waals surface area contributed by atoms with Gasteiger partial charge in [0.25, 0.3) is 0 Å². The van der Waals surface area contributed by atoms with Gasteiger partial charge in [-0.2, -0.15) is 0 Å². The van der Waals surface area contributed by atoms with E-state index in [0.29, 0.717) is 24.0 Å². The highest BCUT2D eigenvalue weighted by Crippen LogP contribution is 2.67. The van der Waals surface area contributed by atoms with Crippen molar-refractivity contribution in [1.29, 1.82) is 0 Å². The van der Waals surface area contributed by atoms with Gasteiger partial charge in [0.05, 0.1) is 24.0 Å². The maximum absolute atomic E-state index is 15.5. The summed E-state index contributed by atoms with van der Waals surface area (Å²) in [4.78, 5) is 56.7. The molecular formula is C38H50O9S. The highest BCUT2D eigenvalue weighted by molar-refractivity contribution is 7.93. The van der Waals surface area contributed by atoms with E-state index in [0.717, 1.165) is 43.3 Å². The van der Waals surface area contributed by atoms with Crippen LogP contribution in [0.2, 0.25) is 0 Å². The van der Waals surface area contributed by atoms with Gasteiger partial charge in [0, 0.05) is 25.4 Å². The molecule has 0 N–H and O–H groups in total. The molecule has 9 nitrogen and oxygen atoms in total. The molecule has 10 heteroatoms. The Morgan fingerprint density at radius 2 is 1.73 bits per heavy atom. The van der Waals surface area contributed by atoms with Crippen molar-refractivity contribution in [2.75, 3.05) is 12.8 Å². The van der Waals surface area contributed by atoms with Crippen LogP contribution in [-0.2, 0) is 37.5 Å². The molecule has 0 spiro atoms. The predicted molar refractivity (Wildman–Crippen MR) is 180 cm³/mol. The minimum atomic E-state index is -1.35. The molecule has 262 valence electrons. The first-order valence-corrected chi connectivity index (χ1v) is 18.2. The standard InChI is InChI=1S/C38H50O9S/c1-21-19-38(47-48-8)32(45-33(41)25-14-10-9-11-15-25)30-36(7,31(40)29(44-24(4)39)28(23(21)3)35(38,5)6)22(2)18-27-37(30,20-43-27)46-34(42)26-16-12-13-17-26/h9-11,14-15,21-22,26-27,29-30,32H,12-13,16-20H2,1-8H3/t21-,22-,27+,29+,30?,32-,36+,37-,38+/m0/s1/i8D. The van der Waals surface area contributed by atoms with Crippen molar-refractivity contribution < 1.29 is 43.7 Å². The maximum atomic E-state index is 15.5. The summed E-state index contributed by atoms with van der Waals surface area (Å²) < 4.78 is 40.8. The third-order valence-electron chi connectivity index (χ3n) is 12.8. The summed E-state index contributed by atoms with van der Waals surface area (Å²) in [6, 6.07) is 8.69. The summed E-state index contributed by atoms with van der Waals surface area (Å²) in [5.41, 5.74) is -3.22. The molecule has 1 aromatic rings. The van der Waals surface area contributed by atoms with Crippen LogP contribution in [0, 0.1) is 34.5 Å². The first kappa shape index (κ1) is 33.8. The number of benzene rings is 1. The minimum absolute atomic E-state index is 0.0212. The Hall–Kier alpha value is -2.69. The number of Topliss-reactive ketones (excluding diaryl/α,β-unsaturated/α-hetero) is 1. The fraction of sp³-hybridized carbons (Fsp3) is 0.684. The van der Waals surface area contributed by atoms with Gasteiger partial charge in [0.15, 0.2) is 17.5 Å². The topological polar surface area (TPSA) is 114 Å². The summed E-state index contributed by atoms with van der Waals surface area (Å²) in [5.74, 6) is -3.59. The van der Waals surface area contributed by atoms with Crippen molar-refractivity contribution in [2.45, 2.75) is 117 Å². The van der Waals surface area contributed by atoms with E-state index >= 15 is 4.79 Å². The summed E-state index contributed by atoms with van der Waals surface area (Å²) in [6.45, 7) is 13.0. The number of carbonyl (C=O) groups excluding carboxylic acids is 4. The van der Waals surface area contributed by atoms with Gasteiger partial charge in [-0.25, -0.2) is 4.79 Å². The van der Waals surface area contributed by atoms with Crippen LogP contribution in [0.15, 0.2) is 41.5 Å². The predicted octanol–water partition coefficient (Wildman–Crippen LogP) is 6.68. The average Bonchev–Trinajstić information content (AvgIpc) is 3.60. The Balaban J connectivity index is 1.66. The van der Waals surface area contributed by atoms with E-state index in [1.54, 1.807) is 24.3 Å². The zero-order valence-corrected chi connectivity index (χ0v) is 30.0. The van der Waals surface area contributed by atoms with E-state index in [1.807, 2.05) is 47.6 Å². The summed E-state index contributed by atoms with van der Waals surface area (Å²) in [6.07, 6.45) is 1.03. The normalized spacial score (nSPS) is 39.1. The molecule has 1 heterocycles. The number of carbonyl (C=O) groups is 4. The van der Waals surface area contributed by atoms with E-state index in [4.69, 9.17) is 24.5 Å². The van der Waals surface area contributed by atoms with E-state index in [9.17, 15) is 14.4 Å². The van der Waals surface area contributed by atoms with Gasteiger partial charge in [-0.15, -0.1) is 0 Å². The number of hydrogen-bond acceptors (Lipinski definition) is 10. The van der Waals surface area contributed by atoms with Crippen LogP contribution in [0.5, 0.6) is 0 Å². The van der Waals surface area contributed by atoms with E-state index in [-0.39, 0.29) is 42.3 Å². The Bertz CT molecular complexity index is 1520. The SMILES string of the molecule is [2H]CSO[C@]12C[C@H](C)C(C)=C([C@@H](OC(C)=O)C(=O)[C@@]3(C)C([C@@H]1OC(=O)c1ccccc1)[C@]1(OC(=O)C4CCCC4)CO[C@@H]1C[C@@H]3C)C2(C)C. The Morgan fingerprint density at radius 1 is 1.04 bits per heavy atom. The molecule has 6 rings (SSSR count). The van der Waals surface area contributed by atoms with Crippen LogP contribution in [0.25, 0.3) is 0 Å². The fourth-order valence-electron chi connectivity index (χ4n) is 9.89. The summed E-state index contributed by atoms with van der Waals surface area (Å²) >= 11 is 0.952. The maximum Gasteiger partial charge on any atom is 0.338 e. The van der Waals surface area contributed by atoms with Crippen LogP contribution >= 0.6 is 12.0 Å². The van der Waals surface area contributed by atoms with Gasteiger partial charge in [-0.1, -0.05) is 71.2 Å². The molecule has 4 fully saturated rings. The number of ether oxygens (including phenoxy) is 4. The molecule has 3 saturated carbocycles. The Labute approximate surface area is 289 Å². The quantitative estimate of drug-likeness (QED) is 0.134. The van der Waals surface area contributed by atoms with Crippen molar-refractivity contribution in [1.82, 2.24) is 0 Å². The molecule has 0 aromatic heterocycles. The van der Waals surface area contributed by atoms with Crippen molar-refractivity contribution in [2.24, 2.45) is 34.5 Å². The Kier molecular flexibility index (Phi) is 8.85. The van der Waals surface area contributed by atoms with Crippen LogP contribution < -0.4 is 0 Å². The Morgan fingerprint density at radius 3 is 2.33 bits per heavy atom. The lowest BCUT2D eigenvalue weighted by molar-refractivity contribution is -0.338. The minimum Gasteiger partial charge on any atom is -0.455 e. The molecular weight excluding hydrogens is 632 g/mol. The van der Waals surface area contributed by atoms with Crippen molar-refractivity contribution in [3.63, 3.8) is 0 Å². The second-order valence-corrected chi connectivity index (χ2v) is 15.9. The molecule has 2 bridgehead atoms. The van der Waals surface area contributed by atoms with Gasteiger partial charge < -0.3 is 23.1 Å². The molecule has 4 aliphatic carbocycles. The van der Waals surface area contributed by atoms with Crippen LogP contribution in [-0.4, -0.2) is 66.0 Å². The lowest BCUT2D eigenvalue weighted by Gasteiger charge is -2.68. The highest BCUT2D eigenvalue weighted by Gasteiger charge is 2.78. The van der Waals surface area contributed by atoms with Gasteiger partial charge in [0.2, 0.25) is 0 Å². The number of esters is 3. The lowest BCUT2D eigenvalue weighted by Crippen LogP contribution is -2.81. The van der Waals surface area contributed by atoms with Gasteiger partial charge in [-0.3, -0.25) is 14.4 Å². The van der Waals surface area contributed by atoms with Crippen LogP contribution in [0.4, 0.5) is 0 Å². The molecule has 48 heavy (non-hydrogen) atoms. The van der Waals surface area contributed by atoms with Crippen molar-refractivity contribution in [3.05, 3.63) is 47.0 Å². The first-order chi connectivity index (χ1) is 23.2. The fourth-order valence-corrected chi connectivity index (χ4v) is 10.5. The average molecular weight is 684 g/mol. The van der Waals surface area contributed by atoms with Gasteiger partial charge in [0.1, 0.15) is 17.8 Å². The second kappa shape index (κ2) is 12.6. The zero-order chi connectivity index (χ0) is 35.5. The summed E-state index contributed by atoms with van der Waals surface area (Å²) in [5, 5.41) is 0. The third kappa shape index (κ3) is 5.10. The molecule has 1 unspecified atom stereocenters. The highest BCUT2D eigenvalue weighted by atomic mass is 32.2. The van der Waals surface area contributed by atoms with Crippen LogP contribution in [0.1, 0.15) is 98.7 Å². The van der Waals surface area contributed by atoms with Crippen LogP contribution in [0.3, 0.4) is 0 Å². The van der Waals surface area contributed by atoms with Gasteiger partial charge in [-0.05, 0) is 74.2 Å². The third-order valence-corrected chi connectivity index (χ3v) is 13.2. The molecule has 5 aliphatic rings.